The summed E-state index contributed by atoms with van der Waals surface area (Å²) in [5, 5.41) is 3.89. The van der Waals surface area contributed by atoms with Crippen LogP contribution in [-0.4, -0.2) is 35.5 Å². The molecule has 0 radical (unpaired) electrons. The first-order valence-corrected chi connectivity index (χ1v) is 11.3. The van der Waals surface area contributed by atoms with Gasteiger partial charge in [-0.05, 0) is 67.5 Å². The van der Waals surface area contributed by atoms with Crippen molar-refractivity contribution in [2.45, 2.75) is 82.8 Å². The maximum Gasteiger partial charge on any atom is 0.223 e. The predicted molar refractivity (Wildman–Crippen MR) is 109 cm³/mol. The molecule has 1 N–H and O–H groups in total. The number of nitrogens with one attached hydrogen (secondary N) is 1. The molecule has 146 valence electrons. The van der Waals surface area contributed by atoms with E-state index < -0.39 is 0 Å². The maximum absolute atomic E-state index is 12.9. The van der Waals surface area contributed by atoms with Gasteiger partial charge < -0.3 is 10.2 Å². The Balaban J connectivity index is 1.22. The molecule has 1 aromatic rings. The SMILES string of the molecule is C[C@H]1C[C@@H]2[C@@H](CC(=O)N2C2CCCCC2)[C@@H]1CNC1Cc2ccccc2C1. The van der Waals surface area contributed by atoms with Gasteiger partial charge in [-0.25, -0.2) is 0 Å². The first-order chi connectivity index (χ1) is 13.2. The molecule has 2 saturated carbocycles. The van der Waals surface area contributed by atoms with E-state index in [1.54, 1.807) is 0 Å². The third-order valence-corrected chi connectivity index (χ3v) is 8.11. The minimum Gasteiger partial charge on any atom is -0.336 e. The van der Waals surface area contributed by atoms with Gasteiger partial charge >= 0.3 is 0 Å². The first-order valence-electron chi connectivity index (χ1n) is 11.3. The van der Waals surface area contributed by atoms with Crippen LogP contribution in [0.25, 0.3) is 0 Å². The van der Waals surface area contributed by atoms with Gasteiger partial charge in [0.1, 0.15) is 0 Å². The van der Waals surface area contributed by atoms with Crippen molar-refractivity contribution in [2.75, 3.05) is 6.54 Å². The van der Waals surface area contributed by atoms with Crippen LogP contribution >= 0.6 is 0 Å². The molecule has 1 heterocycles. The number of amides is 1. The Bertz CT molecular complexity index is 670. The second kappa shape index (κ2) is 7.24. The fourth-order valence-electron chi connectivity index (χ4n) is 6.73. The van der Waals surface area contributed by atoms with Crippen molar-refractivity contribution >= 4 is 5.91 Å². The Morgan fingerprint density at radius 3 is 2.44 bits per heavy atom. The van der Waals surface area contributed by atoms with E-state index in [-0.39, 0.29) is 0 Å². The molecule has 3 heteroatoms. The summed E-state index contributed by atoms with van der Waals surface area (Å²) in [6, 6.07) is 10.5. The van der Waals surface area contributed by atoms with Crippen LogP contribution in [0.5, 0.6) is 0 Å². The van der Waals surface area contributed by atoms with Gasteiger partial charge in [0.25, 0.3) is 0 Å². The average molecular weight is 367 g/mol. The van der Waals surface area contributed by atoms with Crippen LogP contribution in [-0.2, 0) is 17.6 Å². The Hall–Kier alpha value is -1.35. The molecule has 3 fully saturated rings. The molecule has 0 spiro atoms. The van der Waals surface area contributed by atoms with E-state index >= 15 is 0 Å². The fourth-order valence-corrected chi connectivity index (χ4v) is 6.73. The standard InChI is InChI=1S/C24H34N2O/c1-16-11-23-21(14-24(27)26(23)20-9-3-2-4-10-20)22(16)15-25-19-12-17-7-5-6-8-18(17)13-19/h5-8,16,19-23,25H,2-4,9-15H2,1H3/t16-,21-,22+,23+/m0/s1. The van der Waals surface area contributed by atoms with Crippen LogP contribution in [0.1, 0.15) is 63.0 Å². The quantitative estimate of drug-likeness (QED) is 0.875. The Labute approximate surface area is 163 Å². The maximum atomic E-state index is 12.9. The third kappa shape index (κ3) is 3.22. The number of likely N-dealkylation sites (tertiary alicyclic amines) is 1. The summed E-state index contributed by atoms with van der Waals surface area (Å²) in [5.74, 6) is 2.44. The summed E-state index contributed by atoms with van der Waals surface area (Å²) in [4.78, 5) is 15.2. The van der Waals surface area contributed by atoms with Crippen LogP contribution in [0.2, 0.25) is 0 Å². The van der Waals surface area contributed by atoms with Gasteiger partial charge in [0, 0.05) is 24.5 Å². The van der Waals surface area contributed by atoms with Gasteiger partial charge in [0.2, 0.25) is 5.91 Å². The average Bonchev–Trinajstić information content (AvgIpc) is 3.31. The van der Waals surface area contributed by atoms with Crippen LogP contribution < -0.4 is 5.32 Å². The number of nitrogens with zero attached hydrogens (tertiary/aromatic N) is 1. The monoisotopic (exact) mass is 366 g/mol. The molecule has 3 aliphatic carbocycles. The minimum atomic E-state index is 0.460. The van der Waals surface area contributed by atoms with E-state index in [1.807, 2.05) is 0 Å². The first kappa shape index (κ1) is 17.7. The minimum absolute atomic E-state index is 0.460. The van der Waals surface area contributed by atoms with E-state index in [1.165, 1.54) is 62.5 Å². The van der Waals surface area contributed by atoms with Crippen LogP contribution in [0.4, 0.5) is 0 Å². The number of benzene rings is 1. The Kier molecular flexibility index (Phi) is 4.75. The third-order valence-electron chi connectivity index (χ3n) is 8.11. The highest BCUT2D eigenvalue weighted by atomic mass is 16.2. The molecule has 4 atom stereocenters. The second-order valence-electron chi connectivity index (χ2n) is 9.69. The van der Waals surface area contributed by atoms with E-state index in [9.17, 15) is 4.79 Å². The van der Waals surface area contributed by atoms with Crippen molar-refractivity contribution in [3.05, 3.63) is 35.4 Å². The summed E-state index contributed by atoms with van der Waals surface area (Å²) in [7, 11) is 0. The highest BCUT2D eigenvalue weighted by molar-refractivity contribution is 5.80. The Morgan fingerprint density at radius 1 is 1.04 bits per heavy atom. The molecule has 0 bridgehead atoms. The van der Waals surface area contributed by atoms with Crippen molar-refractivity contribution in [2.24, 2.45) is 17.8 Å². The molecule has 1 saturated heterocycles. The zero-order valence-corrected chi connectivity index (χ0v) is 16.7. The van der Waals surface area contributed by atoms with E-state index in [4.69, 9.17) is 0 Å². The molecule has 1 amide bonds. The number of hydrogen-bond donors (Lipinski definition) is 1. The molecule has 0 unspecified atom stereocenters. The molecule has 0 aromatic heterocycles. The predicted octanol–water partition coefficient (Wildman–Crippen LogP) is 3.95. The molecule has 1 aromatic carbocycles. The lowest BCUT2D eigenvalue weighted by Crippen LogP contribution is -2.43. The van der Waals surface area contributed by atoms with Gasteiger partial charge in [-0.1, -0.05) is 50.5 Å². The summed E-state index contributed by atoms with van der Waals surface area (Å²) >= 11 is 0. The van der Waals surface area contributed by atoms with Gasteiger partial charge in [0.15, 0.2) is 0 Å². The van der Waals surface area contributed by atoms with Crippen LogP contribution in [0, 0.1) is 17.8 Å². The van der Waals surface area contributed by atoms with Gasteiger partial charge in [-0.3, -0.25) is 4.79 Å². The topological polar surface area (TPSA) is 32.3 Å². The highest BCUT2D eigenvalue weighted by Crippen LogP contribution is 2.47. The molecule has 3 nitrogen and oxygen atoms in total. The number of rotatable bonds is 4. The van der Waals surface area contributed by atoms with E-state index in [2.05, 4.69) is 41.4 Å². The van der Waals surface area contributed by atoms with Crippen molar-refractivity contribution in [1.82, 2.24) is 10.2 Å². The number of fused-ring (bicyclic) bond motifs is 2. The fraction of sp³-hybridized carbons (Fsp3) is 0.708. The van der Waals surface area contributed by atoms with E-state index in [0.717, 1.165) is 18.9 Å². The van der Waals surface area contributed by atoms with Gasteiger partial charge in [-0.15, -0.1) is 0 Å². The van der Waals surface area contributed by atoms with Crippen molar-refractivity contribution in [3.8, 4) is 0 Å². The van der Waals surface area contributed by atoms with Gasteiger partial charge in [-0.2, -0.15) is 0 Å². The molecule has 5 rings (SSSR count). The number of carbonyl (C=O) groups is 1. The highest BCUT2D eigenvalue weighted by Gasteiger charge is 2.52. The molecular formula is C24H34N2O. The Morgan fingerprint density at radius 2 is 1.74 bits per heavy atom. The van der Waals surface area contributed by atoms with Crippen molar-refractivity contribution < 1.29 is 4.79 Å². The molecule has 4 aliphatic rings. The van der Waals surface area contributed by atoms with Crippen molar-refractivity contribution in [3.63, 3.8) is 0 Å². The largest absolute Gasteiger partial charge is 0.336 e. The molecule has 27 heavy (non-hydrogen) atoms. The normalized spacial score (nSPS) is 34.3. The smallest absolute Gasteiger partial charge is 0.223 e. The zero-order valence-electron chi connectivity index (χ0n) is 16.7. The lowest BCUT2D eigenvalue weighted by atomic mass is 9.88. The summed E-state index contributed by atoms with van der Waals surface area (Å²) < 4.78 is 0. The van der Waals surface area contributed by atoms with Crippen LogP contribution in [0.3, 0.4) is 0 Å². The summed E-state index contributed by atoms with van der Waals surface area (Å²) in [6.45, 7) is 3.52. The van der Waals surface area contributed by atoms with Crippen LogP contribution in [0.15, 0.2) is 24.3 Å². The number of carbonyl (C=O) groups excluding carboxylic acids is 1. The lowest BCUT2D eigenvalue weighted by molar-refractivity contribution is -0.132. The van der Waals surface area contributed by atoms with Gasteiger partial charge in [0.05, 0.1) is 0 Å². The van der Waals surface area contributed by atoms with Crippen molar-refractivity contribution in [1.29, 1.82) is 0 Å². The molecule has 1 aliphatic heterocycles. The second-order valence-corrected chi connectivity index (χ2v) is 9.69. The van der Waals surface area contributed by atoms with E-state index in [0.29, 0.717) is 35.9 Å². The molecular weight excluding hydrogens is 332 g/mol. The summed E-state index contributed by atoms with van der Waals surface area (Å²) in [6.07, 6.45) is 10.8. The zero-order chi connectivity index (χ0) is 18.4. The number of hydrogen-bond acceptors (Lipinski definition) is 2. The summed E-state index contributed by atoms with van der Waals surface area (Å²) in [5.41, 5.74) is 3.04. The lowest BCUT2D eigenvalue weighted by Gasteiger charge is -2.35.